The summed E-state index contributed by atoms with van der Waals surface area (Å²) in [5.74, 6) is -1.38. The molecular weight excluding hydrogens is 472 g/mol. The van der Waals surface area contributed by atoms with Crippen LogP contribution in [0.4, 0.5) is 10.5 Å². The summed E-state index contributed by atoms with van der Waals surface area (Å²) in [6.45, 7) is 4.05. The van der Waals surface area contributed by atoms with E-state index in [1.807, 2.05) is 11.8 Å². The van der Waals surface area contributed by atoms with E-state index in [2.05, 4.69) is 20.8 Å². The molecule has 0 bridgehead atoms. The number of pyridine rings is 1. The van der Waals surface area contributed by atoms with Crippen LogP contribution in [-0.2, 0) is 20.7 Å². The Kier molecular flexibility index (Phi) is 4.32. The SMILES string of the molecule is C[C@@H]1CN2c3c(nc4c(-c5nccs5)noc4c3Cl)CC3(C(=O)NC(=O)NC3=O)[C@H]2[C@H](C)O1. The molecule has 0 saturated carbocycles. The highest BCUT2D eigenvalue weighted by atomic mass is 35.5. The number of thiazole rings is 1. The van der Waals surface area contributed by atoms with Crippen LogP contribution in [0.25, 0.3) is 21.8 Å². The molecule has 2 N–H and O–H groups in total. The number of fused-ring (bicyclic) bond motifs is 5. The molecule has 0 unspecified atom stereocenters. The fraction of sp³-hybridized carbons (Fsp3) is 0.400. The van der Waals surface area contributed by atoms with Gasteiger partial charge in [-0.3, -0.25) is 20.2 Å². The number of rotatable bonds is 1. The summed E-state index contributed by atoms with van der Waals surface area (Å²) < 4.78 is 11.6. The third-order valence-electron chi connectivity index (χ3n) is 6.41. The Balaban J connectivity index is 1.61. The highest BCUT2D eigenvalue weighted by molar-refractivity contribution is 7.13. The predicted molar refractivity (Wildman–Crippen MR) is 117 cm³/mol. The van der Waals surface area contributed by atoms with Gasteiger partial charge in [-0.25, -0.2) is 14.8 Å². The minimum Gasteiger partial charge on any atom is -0.372 e. The van der Waals surface area contributed by atoms with Crippen molar-refractivity contribution >= 4 is 57.6 Å². The molecule has 0 aromatic carbocycles. The number of urea groups is 1. The molecule has 0 aliphatic carbocycles. The number of morpholine rings is 1. The van der Waals surface area contributed by atoms with Gasteiger partial charge in [0.25, 0.3) is 0 Å². The molecule has 6 rings (SSSR count). The third-order valence-corrected chi connectivity index (χ3v) is 7.54. The average molecular weight is 489 g/mol. The molecule has 0 radical (unpaired) electrons. The lowest BCUT2D eigenvalue weighted by Gasteiger charge is -2.55. The molecule has 6 heterocycles. The molecule has 4 amide bonds. The highest BCUT2D eigenvalue weighted by Crippen LogP contribution is 2.50. The first kappa shape index (κ1) is 20.5. The smallest absolute Gasteiger partial charge is 0.328 e. The van der Waals surface area contributed by atoms with Gasteiger partial charge in [0.1, 0.15) is 15.5 Å². The van der Waals surface area contributed by atoms with Crippen LogP contribution >= 0.6 is 22.9 Å². The molecule has 11 nitrogen and oxygen atoms in total. The number of aromatic nitrogens is 3. The fourth-order valence-electron chi connectivity index (χ4n) is 5.24. The number of nitrogens with one attached hydrogen (secondary N) is 2. The standard InChI is InChI=1S/C20H17ClN6O5S/c1-7-6-27-13-9(23-11-12(16-22-3-4-33-16)26-32-14(11)10(13)21)5-20(15(27)8(2)31-7)17(28)24-19(30)25-18(20)29/h3-4,7-8,15H,5-6H2,1-2H3,(H2,24,25,28,29,30)/t7-,8+,15-/m1/s1. The normalized spacial score (nSPS) is 26.2. The summed E-state index contributed by atoms with van der Waals surface area (Å²) in [7, 11) is 0. The molecule has 170 valence electrons. The van der Waals surface area contributed by atoms with Gasteiger partial charge in [0.2, 0.25) is 17.4 Å². The summed E-state index contributed by atoms with van der Waals surface area (Å²) in [6.07, 6.45) is 0.848. The molecular formula is C20H17ClN6O5S. The molecule has 2 saturated heterocycles. The van der Waals surface area contributed by atoms with Crippen molar-refractivity contribution in [3.63, 3.8) is 0 Å². The number of ether oxygens (including phenoxy) is 1. The van der Waals surface area contributed by atoms with Crippen molar-refractivity contribution in [1.29, 1.82) is 0 Å². The van der Waals surface area contributed by atoms with Crippen LogP contribution in [0, 0.1) is 5.41 Å². The van der Waals surface area contributed by atoms with Gasteiger partial charge < -0.3 is 14.2 Å². The Morgan fingerprint density at radius 1 is 1.24 bits per heavy atom. The van der Waals surface area contributed by atoms with Crippen molar-refractivity contribution in [2.75, 3.05) is 11.4 Å². The van der Waals surface area contributed by atoms with Gasteiger partial charge in [-0.05, 0) is 13.8 Å². The molecule has 1 spiro atoms. The number of nitrogens with zero attached hydrogens (tertiary/aromatic N) is 4. The van der Waals surface area contributed by atoms with E-state index in [0.29, 0.717) is 44.7 Å². The fourth-order valence-corrected chi connectivity index (χ4v) is 6.20. The van der Waals surface area contributed by atoms with Gasteiger partial charge >= 0.3 is 6.03 Å². The molecule has 3 aromatic rings. The van der Waals surface area contributed by atoms with Crippen molar-refractivity contribution in [1.82, 2.24) is 25.8 Å². The Bertz CT molecular complexity index is 1320. The zero-order valence-corrected chi connectivity index (χ0v) is 19.0. The van der Waals surface area contributed by atoms with Crippen molar-refractivity contribution in [3.05, 3.63) is 22.3 Å². The van der Waals surface area contributed by atoms with Crippen LogP contribution in [0.2, 0.25) is 5.02 Å². The van der Waals surface area contributed by atoms with Crippen LogP contribution in [0.15, 0.2) is 16.1 Å². The summed E-state index contributed by atoms with van der Waals surface area (Å²) in [6, 6.07) is -1.57. The van der Waals surface area contributed by atoms with E-state index in [9.17, 15) is 14.4 Å². The maximum absolute atomic E-state index is 13.3. The number of halogens is 1. The number of hydrogen-bond acceptors (Lipinski definition) is 10. The van der Waals surface area contributed by atoms with Crippen molar-refractivity contribution in [2.45, 2.75) is 38.5 Å². The molecule has 33 heavy (non-hydrogen) atoms. The second-order valence-corrected chi connectivity index (χ2v) is 9.67. The van der Waals surface area contributed by atoms with E-state index in [4.69, 9.17) is 25.8 Å². The van der Waals surface area contributed by atoms with Gasteiger partial charge in [0.05, 0.1) is 29.6 Å². The summed E-state index contributed by atoms with van der Waals surface area (Å²) in [4.78, 5) is 49.3. The van der Waals surface area contributed by atoms with Crippen LogP contribution < -0.4 is 15.5 Å². The number of amides is 4. The van der Waals surface area contributed by atoms with Gasteiger partial charge in [-0.15, -0.1) is 11.3 Å². The second kappa shape index (κ2) is 6.95. The van der Waals surface area contributed by atoms with Gasteiger partial charge in [-0.2, -0.15) is 0 Å². The maximum atomic E-state index is 13.3. The first-order valence-electron chi connectivity index (χ1n) is 10.3. The molecule has 3 aliphatic rings. The van der Waals surface area contributed by atoms with E-state index in [-0.39, 0.29) is 12.5 Å². The van der Waals surface area contributed by atoms with Gasteiger partial charge in [-0.1, -0.05) is 16.8 Å². The van der Waals surface area contributed by atoms with Crippen LogP contribution in [0.3, 0.4) is 0 Å². The van der Waals surface area contributed by atoms with Crippen molar-refractivity contribution in [3.8, 4) is 10.7 Å². The lowest BCUT2D eigenvalue weighted by Crippen LogP contribution is -2.75. The number of hydrogen-bond donors (Lipinski definition) is 2. The number of anilines is 1. The number of carbonyl (C=O) groups excluding carboxylic acids is 3. The highest BCUT2D eigenvalue weighted by Gasteiger charge is 2.63. The van der Waals surface area contributed by atoms with E-state index in [0.717, 1.165) is 0 Å². The topological polar surface area (TPSA) is 140 Å². The number of carbonyl (C=O) groups is 3. The second-order valence-electron chi connectivity index (χ2n) is 8.40. The Morgan fingerprint density at radius 2 is 2.00 bits per heavy atom. The summed E-state index contributed by atoms with van der Waals surface area (Å²) >= 11 is 8.22. The zero-order chi connectivity index (χ0) is 23.1. The Hall–Kier alpha value is -3.09. The maximum Gasteiger partial charge on any atom is 0.328 e. The van der Waals surface area contributed by atoms with Gasteiger partial charge in [0.15, 0.2) is 11.1 Å². The monoisotopic (exact) mass is 488 g/mol. The molecule has 13 heteroatoms. The van der Waals surface area contributed by atoms with E-state index in [1.54, 1.807) is 18.5 Å². The molecule has 2 fully saturated rings. The van der Waals surface area contributed by atoms with Crippen molar-refractivity contribution in [2.24, 2.45) is 5.41 Å². The first-order chi connectivity index (χ1) is 15.8. The predicted octanol–water partition coefficient (Wildman–Crippen LogP) is 1.89. The Morgan fingerprint density at radius 3 is 2.70 bits per heavy atom. The number of imide groups is 2. The zero-order valence-electron chi connectivity index (χ0n) is 17.4. The lowest BCUT2D eigenvalue weighted by atomic mass is 9.67. The van der Waals surface area contributed by atoms with Crippen LogP contribution in [-0.4, -0.2) is 57.8 Å². The largest absolute Gasteiger partial charge is 0.372 e. The minimum atomic E-state index is -1.64. The quantitative estimate of drug-likeness (QED) is 0.491. The molecule has 3 aromatic heterocycles. The van der Waals surface area contributed by atoms with Crippen LogP contribution in [0.1, 0.15) is 19.5 Å². The molecule has 3 atom stereocenters. The van der Waals surface area contributed by atoms with Gasteiger partial charge in [0, 0.05) is 24.5 Å². The summed E-state index contributed by atoms with van der Waals surface area (Å²) in [5, 5.41) is 11.3. The van der Waals surface area contributed by atoms with E-state index < -0.39 is 35.4 Å². The molecule has 3 aliphatic heterocycles. The number of barbiturate groups is 1. The third kappa shape index (κ3) is 2.71. The average Bonchev–Trinajstić information content (AvgIpc) is 3.41. The minimum absolute atomic E-state index is 0.0747. The van der Waals surface area contributed by atoms with Crippen molar-refractivity contribution < 1.29 is 23.6 Å². The summed E-state index contributed by atoms with van der Waals surface area (Å²) in [5.41, 5.74) is 0.492. The Labute approximate surface area is 195 Å². The van der Waals surface area contributed by atoms with E-state index in [1.165, 1.54) is 11.3 Å². The lowest BCUT2D eigenvalue weighted by molar-refractivity contribution is -0.153. The van der Waals surface area contributed by atoms with Crippen LogP contribution in [0.5, 0.6) is 0 Å². The van der Waals surface area contributed by atoms with E-state index >= 15 is 0 Å². The first-order valence-corrected chi connectivity index (χ1v) is 11.5.